The summed E-state index contributed by atoms with van der Waals surface area (Å²) in [7, 11) is 1.55. The molecule has 0 aliphatic rings. The zero-order valence-corrected chi connectivity index (χ0v) is 11.2. The summed E-state index contributed by atoms with van der Waals surface area (Å²) in [6.07, 6.45) is 1.11. The lowest BCUT2D eigenvalue weighted by Gasteiger charge is -2.12. The molecule has 1 N–H and O–H groups in total. The molecule has 0 amide bonds. The fraction of sp³-hybridized carbons (Fsp3) is 0.250. The summed E-state index contributed by atoms with van der Waals surface area (Å²) in [6.45, 7) is 1.89. The van der Waals surface area contributed by atoms with Crippen LogP contribution in [0.5, 0.6) is 11.5 Å². The van der Waals surface area contributed by atoms with Crippen molar-refractivity contribution >= 4 is 21.9 Å². The van der Waals surface area contributed by atoms with Crippen LogP contribution in [0.2, 0.25) is 0 Å². The first kappa shape index (κ1) is 13.6. The number of benzene rings is 1. The lowest BCUT2D eigenvalue weighted by atomic mass is 10.3. The third-order valence-electron chi connectivity index (χ3n) is 1.96. The van der Waals surface area contributed by atoms with E-state index in [-0.39, 0.29) is 6.61 Å². The second kappa shape index (κ2) is 6.30. The van der Waals surface area contributed by atoms with Gasteiger partial charge < -0.3 is 14.6 Å². The van der Waals surface area contributed by atoms with Crippen LogP contribution in [0.4, 0.5) is 0 Å². The van der Waals surface area contributed by atoms with Gasteiger partial charge in [0.05, 0.1) is 11.6 Å². The average molecular weight is 301 g/mol. The Morgan fingerprint density at radius 1 is 1.53 bits per heavy atom. The number of ether oxygens (including phenoxy) is 2. The minimum Gasteiger partial charge on any atom is -0.493 e. The van der Waals surface area contributed by atoms with Gasteiger partial charge in [0.2, 0.25) is 0 Å². The van der Waals surface area contributed by atoms with E-state index >= 15 is 0 Å². The van der Waals surface area contributed by atoms with Crippen molar-refractivity contribution in [2.24, 2.45) is 0 Å². The summed E-state index contributed by atoms with van der Waals surface area (Å²) in [4.78, 5) is 10.4. The van der Waals surface area contributed by atoms with E-state index in [1.54, 1.807) is 20.1 Å². The summed E-state index contributed by atoms with van der Waals surface area (Å²) >= 11 is 3.35. The van der Waals surface area contributed by atoms with Crippen LogP contribution in [-0.4, -0.2) is 24.8 Å². The largest absolute Gasteiger partial charge is 0.493 e. The Balaban J connectivity index is 2.79. The average Bonchev–Trinajstić information content (AvgIpc) is 2.26. The Hall–Kier alpha value is -1.49. The van der Waals surface area contributed by atoms with Crippen LogP contribution in [0.1, 0.15) is 6.92 Å². The number of carboxylic acid groups (broad SMARTS) is 1. The second-order valence-corrected chi connectivity index (χ2v) is 4.24. The molecular weight excluding hydrogens is 288 g/mol. The smallest absolute Gasteiger partial charge is 0.328 e. The molecule has 1 rings (SSSR count). The van der Waals surface area contributed by atoms with Crippen LogP contribution in [0.25, 0.3) is 0 Å². The van der Waals surface area contributed by atoms with Crippen molar-refractivity contribution < 1.29 is 19.4 Å². The summed E-state index contributed by atoms with van der Waals surface area (Å²) in [6, 6.07) is 5.43. The van der Waals surface area contributed by atoms with Crippen molar-refractivity contribution in [3.05, 3.63) is 34.3 Å². The van der Waals surface area contributed by atoms with Gasteiger partial charge in [-0.3, -0.25) is 0 Å². The van der Waals surface area contributed by atoms with E-state index in [0.717, 1.165) is 10.5 Å². The topological polar surface area (TPSA) is 55.8 Å². The van der Waals surface area contributed by atoms with Crippen molar-refractivity contribution in [2.75, 3.05) is 13.7 Å². The SMILES string of the molecule is COc1cccc(Br)c1OC/C(C)=C/C(=O)O. The van der Waals surface area contributed by atoms with Gasteiger partial charge in [-0.05, 0) is 40.6 Å². The molecule has 92 valence electrons. The molecule has 0 aliphatic carbocycles. The fourth-order valence-electron chi connectivity index (χ4n) is 1.23. The highest BCUT2D eigenvalue weighted by atomic mass is 79.9. The summed E-state index contributed by atoms with van der Waals surface area (Å²) in [5.41, 5.74) is 0.621. The van der Waals surface area contributed by atoms with E-state index in [1.807, 2.05) is 12.1 Å². The molecule has 0 radical (unpaired) electrons. The second-order valence-electron chi connectivity index (χ2n) is 3.39. The highest BCUT2D eigenvalue weighted by Gasteiger charge is 2.08. The van der Waals surface area contributed by atoms with Crippen molar-refractivity contribution in [2.45, 2.75) is 6.92 Å². The van der Waals surface area contributed by atoms with Gasteiger partial charge in [-0.1, -0.05) is 6.07 Å². The standard InChI is InChI=1S/C12H13BrO4/c1-8(6-11(14)15)7-17-12-9(13)4-3-5-10(12)16-2/h3-6H,7H2,1-2H3,(H,14,15)/b8-6+. The van der Waals surface area contributed by atoms with Crippen molar-refractivity contribution in [1.29, 1.82) is 0 Å². The zero-order valence-electron chi connectivity index (χ0n) is 9.57. The molecule has 0 unspecified atom stereocenters. The van der Waals surface area contributed by atoms with Gasteiger partial charge in [0.1, 0.15) is 6.61 Å². The Bertz CT molecular complexity index is 440. The third-order valence-corrected chi connectivity index (χ3v) is 2.59. The van der Waals surface area contributed by atoms with E-state index in [2.05, 4.69) is 15.9 Å². The number of para-hydroxylation sites is 1. The van der Waals surface area contributed by atoms with Gasteiger partial charge in [0.15, 0.2) is 11.5 Å². The number of carboxylic acids is 1. The highest BCUT2D eigenvalue weighted by Crippen LogP contribution is 2.34. The molecular formula is C12H13BrO4. The molecule has 0 fully saturated rings. The zero-order chi connectivity index (χ0) is 12.8. The fourth-order valence-corrected chi connectivity index (χ4v) is 1.69. The molecule has 4 nitrogen and oxygen atoms in total. The van der Waals surface area contributed by atoms with Gasteiger partial charge in [-0.2, -0.15) is 0 Å². The van der Waals surface area contributed by atoms with Crippen LogP contribution < -0.4 is 9.47 Å². The Morgan fingerprint density at radius 3 is 2.82 bits per heavy atom. The predicted octanol–water partition coefficient (Wildman–Crippen LogP) is 2.87. The van der Waals surface area contributed by atoms with Gasteiger partial charge in [0, 0.05) is 6.08 Å². The van der Waals surface area contributed by atoms with Crippen LogP contribution >= 0.6 is 15.9 Å². The first-order valence-electron chi connectivity index (χ1n) is 4.90. The van der Waals surface area contributed by atoms with Gasteiger partial charge in [-0.15, -0.1) is 0 Å². The normalized spacial score (nSPS) is 11.1. The van der Waals surface area contributed by atoms with Crippen LogP contribution in [0, 0.1) is 0 Å². The molecule has 1 aromatic carbocycles. The summed E-state index contributed by atoms with van der Waals surface area (Å²) < 4.78 is 11.4. The number of hydrogen-bond acceptors (Lipinski definition) is 3. The molecule has 5 heteroatoms. The Morgan fingerprint density at radius 2 is 2.24 bits per heavy atom. The molecule has 0 saturated heterocycles. The molecule has 0 atom stereocenters. The van der Waals surface area contributed by atoms with Crippen molar-refractivity contribution in [3.63, 3.8) is 0 Å². The monoisotopic (exact) mass is 300 g/mol. The number of methoxy groups -OCH3 is 1. The Labute approximate surface area is 108 Å². The van der Waals surface area contributed by atoms with Gasteiger partial charge in [-0.25, -0.2) is 4.79 Å². The van der Waals surface area contributed by atoms with Crippen LogP contribution in [-0.2, 0) is 4.79 Å². The van der Waals surface area contributed by atoms with Gasteiger partial charge >= 0.3 is 5.97 Å². The molecule has 1 aromatic rings. The van der Waals surface area contributed by atoms with Crippen molar-refractivity contribution in [1.82, 2.24) is 0 Å². The minimum absolute atomic E-state index is 0.200. The third kappa shape index (κ3) is 4.11. The lowest BCUT2D eigenvalue weighted by molar-refractivity contribution is -0.131. The molecule has 0 bridgehead atoms. The van der Waals surface area contributed by atoms with Crippen LogP contribution in [0.3, 0.4) is 0 Å². The minimum atomic E-state index is -0.981. The molecule has 0 spiro atoms. The number of hydrogen-bond donors (Lipinski definition) is 1. The maximum absolute atomic E-state index is 10.4. The van der Waals surface area contributed by atoms with E-state index in [9.17, 15) is 4.79 Å². The molecule has 0 heterocycles. The number of aliphatic carboxylic acids is 1. The highest BCUT2D eigenvalue weighted by molar-refractivity contribution is 9.10. The maximum Gasteiger partial charge on any atom is 0.328 e. The molecule has 17 heavy (non-hydrogen) atoms. The number of halogens is 1. The molecule has 0 aliphatic heterocycles. The lowest BCUT2D eigenvalue weighted by Crippen LogP contribution is -2.03. The Kier molecular flexibility index (Phi) is 5.03. The molecule has 0 aromatic heterocycles. The molecule has 0 saturated carbocycles. The predicted molar refractivity (Wildman–Crippen MR) is 67.6 cm³/mol. The van der Waals surface area contributed by atoms with Crippen molar-refractivity contribution in [3.8, 4) is 11.5 Å². The van der Waals surface area contributed by atoms with E-state index < -0.39 is 5.97 Å². The van der Waals surface area contributed by atoms with E-state index in [4.69, 9.17) is 14.6 Å². The van der Waals surface area contributed by atoms with Gasteiger partial charge in [0.25, 0.3) is 0 Å². The first-order chi connectivity index (χ1) is 8.04. The first-order valence-corrected chi connectivity index (χ1v) is 5.69. The summed E-state index contributed by atoms with van der Waals surface area (Å²) in [5, 5.41) is 8.57. The quantitative estimate of drug-likeness (QED) is 0.850. The van der Waals surface area contributed by atoms with Crippen LogP contribution in [0.15, 0.2) is 34.3 Å². The maximum atomic E-state index is 10.4. The van der Waals surface area contributed by atoms with E-state index in [1.165, 1.54) is 0 Å². The summed E-state index contributed by atoms with van der Waals surface area (Å²) in [5.74, 6) is 0.181. The number of carbonyl (C=O) groups is 1. The van der Waals surface area contributed by atoms with E-state index in [0.29, 0.717) is 17.1 Å². The number of rotatable bonds is 5.